The van der Waals surface area contributed by atoms with Gasteiger partial charge in [0, 0.05) is 6.42 Å². The van der Waals surface area contributed by atoms with Crippen LogP contribution < -0.4 is 51.4 Å². The van der Waals surface area contributed by atoms with E-state index in [-0.39, 0.29) is 51.4 Å². The molecule has 0 aliphatic heterocycles. The van der Waals surface area contributed by atoms with Crippen LogP contribution in [-0.4, -0.2) is 20.1 Å². The molecule has 0 aliphatic carbocycles. The molecule has 0 aromatic rings. The fourth-order valence-electron chi connectivity index (χ4n) is 0.384. The third-order valence-electron chi connectivity index (χ3n) is 0.903. The molecular formula is C4H7BF3KO2. The third kappa shape index (κ3) is 11.0. The monoisotopic (exact) mass is 194 g/mol. The van der Waals surface area contributed by atoms with E-state index in [1.807, 2.05) is 0 Å². The molecule has 0 aliphatic rings. The predicted molar refractivity (Wildman–Crippen MR) is 30.5 cm³/mol. The normalized spacial score (nSPS) is 10.2. The SMILES string of the molecule is COC(=O)CC[B-](F)(F)F.[K+]. The number of carbonyl (C=O) groups is 1. The molecule has 0 heterocycles. The molecule has 60 valence electrons. The fraction of sp³-hybridized carbons (Fsp3) is 0.750. The number of halogens is 3. The van der Waals surface area contributed by atoms with E-state index in [0.717, 1.165) is 7.11 Å². The third-order valence-corrected chi connectivity index (χ3v) is 0.903. The molecule has 0 radical (unpaired) electrons. The summed E-state index contributed by atoms with van der Waals surface area (Å²) in [5, 5.41) is 0. The van der Waals surface area contributed by atoms with Gasteiger partial charge in [0.2, 0.25) is 0 Å². The molecule has 0 fully saturated rings. The summed E-state index contributed by atoms with van der Waals surface area (Å²) in [6.45, 7) is -4.84. The summed E-state index contributed by atoms with van der Waals surface area (Å²) in [4.78, 5) is 10.1. The Morgan fingerprint density at radius 1 is 1.45 bits per heavy atom. The maximum Gasteiger partial charge on any atom is 1.00 e. The van der Waals surface area contributed by atoms with Crippen molar-refractivity contribution in [1.29, 1.82) is 0 Å². The average molecular weight is 194 g/mol. The average Bonchev–Trinajstić information content (AvgIpc) is 1.81. The summed E-state index contributed by atoms with van der Waals surface area (Å²) in [5.41, 5.74) is 0. The molecule has 0 aromatic carbocycles. The number of rotatable bonds is 3. The van der Waals surface area contributed by atoms with Gasteiger partial charge in [0.15, 0.2) is 0 Å². The molecule has 0 saturated heterocycles. The van der Waals surface area contributed by atoms with Gasteiger partial charge >= 0.3 is 64.3 Å². The van der Waals surface area contributed by atoms with E-state index < -0.39 is 25.7 Å². The van der Waals surface area contributed by atoms with Crippen LogP contribution in [-0.2, 0) is 9.53 Å². The molecule has 11 heavy (non-hydrogen) atoms. The molecule has 2 nitrogen and oxygen atoms in total. The number of hydrogen-bond acceptors (Lipinski definition) is 2. The first-order chi connectivity index (χ1) is 4.45. The molecule has 0 rings (SSSR count). The quantitative estimate of drug-likeness (QED) is 0.399. The Morgan fingerprint density at radius 2 is 1.91 bits per heavy atom. The van der Waals surface area contributed by atoms with Gasteiger partial charge in [-0.05, 0) is 0 Å². The van der Waals surface area contributed by atoms with Gasteiger partial charge < -0.3 is 17.7 Å². The van der Waals surface area contributed by atoms with Crippen molar-refractivity contribution in [3.63, 3.8) is 0 Å². The molecule has 0 unspecified atom stereocenters. The number of ether oxygens (including phenoxy) is 1. The minimum absolute atomic E-state index is 0. The van der Waals surface area contributed by atoms with Crippen molar-refractivity contribution in [2.24, 2.45) is 0 Å². The Bertz CT molecular complexity index is 127. The van der Waals surface area contributed by atoms with Gasteiger partial charge in [-0.2, -0.15) is 0 Å². The van der Waals surface area contributed by atoms with Crippen molar-refractivity contribution in [3.8, 4) is 0 Å². The van der Waals surface area contributed by atoms with Gasteiger partial charge in [-0.1, -0.05) is 6.32 Å². The summed E-state index contributed by atoms with van der Waals surface area (Å²) in [6.07, 6.45) is -1.62. The fourth-order valence-corrected chi connectivity index (χ4v) is 0.384. The van der Waals surface area contributed by atoms with Gasteiger partial charge in [0.1, 0.15) is 0 Å². The van der Waals surface area contributed by atoms with Crippen LogP contribution in [0.1, 0.15) is 6.42 Å². The summed E-state index contributed by atoms with van der Waals surface area (Å²) in [5.74, 6) is -0.820. The minimum Gasteiger partial charge on any atom is -0.469 e. The van der Waals surface area contributed by atoms with Crippen molar-refractivity contribution >= 4 is 12.9 Å². The second-order valence-electron chi connectivity index (χ2n) is 1.83. The maximum absolute atomic E-state index is 11.4. The standard InChI is InChI=1S/C4H7BF3O2.K/c1-10-4(9)2-3-5(6,7)8;/h2-3H2,1H3;/q-1;+1. The summed E-state index contributed by atoms with van der Waals surface area (Å²) in [6, 6.07) is 0. The molecule has 0 spiro atoms. The molecule has 0 saturated carbocycles. The van der Waals surface area contributed by atoms with E-state index in [1.165, 1.54) is 0 Å². The van der Waals surface area contributed by atoms with Crippen LogP contribution in [0.3, 0.4) is 0 Å². The molecule has 7 heteroatoms. The molecule has 0 N–H and O–H groups in total. The number of hydrogen-bond donors (Lipinski definition) is 0. The van der Waals surface area contributed by atoms with Crippen LogP contribution >= 0.6 is 0 Å². The number of esters is 1. The Hall–Kier alpha value is 0.961. The first-order valence-corrected chi connectivity index (χ1v) is 2.73. The van der Waals surface area contributed by atoms with E-state index in [2.05, 4.69) is 4.74 Å². The van der Waals surface area contributed by atoms with Crippen LogP contribution in [0.2, 0.25) is 6.32 Å². The van der Waals surface area contributed by atoms with E-state index in [0.29, 0.717) is 0 Å². The molecule has 0 atom stereocenters. The first kappa shape index (κ1) is 14.5. The summed E-state index contributed by atoms with van der Waals surface area (Å²) >= 11 is 0. The van der Waals surface area contributed by atoms with Crippen molar-refractivity contribution in [2.75, 3.05) is 7.11 Å². The van der Waals surface area contributed by atoms with E-state index in [4.69, 9.17) is 0 Å². The zero-order valence-corrected chi connectivity index (χ0v) is 9.57. The van der Waals surface area contributed by atoms with E-state index in [9.17, 15) is 17.7 Å². The van der Waals surface area contributed by atoms with Gasteiger partial charge in [-0.3, -0.25) is 4.79 Å². The Kier molecular flexibility index (Phi) is 8.52. The van der Waals surface area contributed by atoms with Crippen LogP contribution in [0.5, 0.6) is 0 Å². The molecular weight excluding hydrogens is 187 g/mol. The van der Waals surface area contributed by atoms with Crippen LogP contribution in [0.25, 0.3) is 0 Å². The Balaban J connectivity index is 0. The Labute approximate surface area is 105 Å². The topological polar surface area (TPSA) is 26.3 Å². The van der Waals surface area contributed by atoms with Crippen LogP contribution in [0, 0.1) is 0 Å². The van der Waals surface area contributed by atoms with Crippen molar-refractivity contribution in [3.05, 3.63) is 0 Å². The smallest absolute Gasteiger partial charge is 0.469 e. The molecule has 0 amide bonds. The maximum atomic E-state index is 11.4. The molecule has 0 aromatic heterocycles. The van der Waals surface area contributed by atoms with Crippen LogP contribution in [0.4, 0.5) is 12.9 Å². The van der Waals surface area contributed by atoms with Gasteiger partial charge in [-0.15, -0.1) is 0 Å². The van der Waals surface area contributed by atoms with Gasteiger partial charge in [-0.25, -0.2) is 0 Å². The summed E-state index contributed by atoms with van der Waals surface area (Å²) < 4.78 is 38.2. The second-order valence-corrected chi connectivity index (χ2v) is 1.83. The number of methoxy groups -OCH3 is 1. The minimum atomic E-state index is -4.84. The summed E-state index contributed by atoms with van der Waals surface area (Å²) in [7, 11) is 1.06. The predicted octanol–water partition coefficient (Wildman–Crippen LogP) is -1.60. The zero-order chi connectivity index (χ0) is 8.20. The van der Waals surface area contributed by atoms with Crippen molar-refractivity contribution < 1.29 is 73.9 Å². The van der Waals surface area contributed by atoms with Crippen molar-refractivity contribution in [2.45, 2.75) is 12.7 Å². The second kappa shape index (κ2) is 6.47. The van der Waals surface area contributed by atoms with E-state index >= 15 is 0 Å². The van der Waals surface area contributed by atoms with Crippen molar-refractivity contribution in [1.82, 2.24) is 0 Å². The van der Waals surface area contributed by atoms with E-state index in [1.54, 1.807) is 0 Å². The number of carbonyl (C=O) groups excluding carboxylic acids is 1. The van der Waals surface area contributed by atoms with Gasteiger partial charge in [0.25, 0.3) is 0 Å². The Morgan fingerprint density at radius 3 is 2.18 bits per heavy atom. The molecule has 0 bridgehead atoms. The largest absolute Gasteiger partial charge is 1.00 e. The zero-order valence-electron chi connectivity index (χ0n) is 6.44. The first-order valence-electron chi connectivity index (χ1n) is 2.73. The van der Waals surface area contributed by atoms with Gasteiger partial charge in [0.05, 0.1) is 7.11 Å². The van der Waals surface area contributed by atoms with Crippen LogP contribution in [0.15, 0.2) is 0 Å².